The Balaban J connectivity index is 2.16. The number of carbonyl (C=O) groups excluding carboxylic acids is 1. The number of fused-ring (bicyclic) bond motifs is 5. The Kier molecular flexibility index (Phi) is 3.34. The number of rotatable bonds is 3. The van der Waals surface area contributed by atoms with E-state index in [4.69, 9.17) is 4.74 Å². The number of benzene rings is 2. The van der Waals surface area contributed by atoms with E-state index in [-0.39, 0.29) is 5.97 Å². The van der Waals surface area contributed by atoms with Gasteiger partial charge in [-0.05, 0) is 32.0 Å². The van der Waals surface area contributed by atoms with Crippen molar-refractivity contribution in [1.82, 2.24) is 9.13 Å². The van der Waals surface area contributed by atoms with Crippen molar-refractivity contribution in [2.24, 2.45) is 7.05 Å². The van der Waals surface area contributed by atoms with E-state index in [9.17, 15) is 4.79 Å². The molecule has 4 heteroatoms. The molecule has 2 aromatic carbocycles. The topological polar surface area (TPSA) is 36.2 Å². The zero-order chi connectivity index (χ0) is 16.8. The largest absolute Gasteiger partial charge is 0.461 e. The summed E-state index contributed by atoms with van der Waals surface area (Å²) in [5, 5.41) is 3.48. The first kappa shape index (κ1) is 14.8. The maximum Gasteiger partial charge on any atom is 0.354 e. The van der Waals surface area contributed by atoms with Crippen LogP contribution in [0.5, 0.6) is 0 Å². The molecule has 0 atom stereocenters. The van der Waals surface area contributed by atoms with E-state index in [1.54, 1.807) is 0 Å². The molecule has 0 aliphatic heterocycles. The average Bonchev–Trinajstić information content (AvgIpc) is 3.10. The Morgan fingerprint density at radius 1 is 1.08 bits per heavy atom. The van der Waals surface area contributed by atoms with Gasteiger partial charge in [0.05, 0.1) is 17.6 Å². The fraction of sp³-hybridized carbons (Fsp3) is 0.250. The van der Waals surface area contributed by atoms with Gasteiger partial charge < -0.3 is 13.9 Å². The molecule has 2 aromatic heterocycles. The summed E-state index contributed by atoms with van der Waals surface area (Å²) in [5.74, 6) is -0.274. The highest BCUT2D eigenvalue weighted by atomic mass is 16.5. The molecule has 0 fully saturated rings. The predicted molar refractivity (Wildman–Crippen MR) is 97.6 cm³/mol. The molecule has 24 heavy (non-hydrogen) atoms. The highest BCUT2D eigenvalue weighted by Crippen LogP contribution is 2.35. The minimum Gasteiger partial charge on any atom is -0.461 e. The van der Waals surface area contributed by atoms with Crippen molar-refractivity contribution in [3.05, 3.63) is 48.2 Å². The predicted octanol–water partition coefficient (Wildman–Crippen LogP) is 4.48. The van der Waals surface area contributed by atoms with Crippen LogP contribution in [0.4, 0.5) is 0 Å². The number of aromatic nitrogens is 2. The van der Waals surface area contributed by atoms with E-state index >= 15 is 0 Å². The van der Waals surface area contributed by atoms with Gasteiger partial charge in [-0.15, -0.1) is 0 Å². The van der Waals surface area contributed by atoms with Crippen LogP contribution in [0.2, 0.25) is 0 Å². The Bertz CT molecular complexity index is 1090. The Labute approximate surface area is 140 Å². The van der Waals surface area contributed by atoms with E-state index < -0.39 is 0 Å². The smallest absolute Gasteiger partial charge is 0.354 e. The van der Waals surface area contributed by atoms with Crippen molar-refractivity contribution < 1.29 is 9.53 Å². The monoisotopic (exact) mass is 320 g/mol. The van der Waals surface area contributed by atoms with Crippen molar-refractivity contribution in [2.75, 3.05) is 6.61 Å². The molecule has 0 unspecified atom stereocenters. The second-order valence-electron chi connectivity index (χ2n) is 5.97. The number of aryl methyl sites for hydroxylation is 2. The van der Waals surface area contributed by atoms with E-state index in [0.717, 1.165) is 17.4 Å². The quantitative estimate of drug-likeness (QED) is 0.522. The summed E-state index contributed by atoms with van der Waals surface area (Å²) in [7, 11) is 1.94. The number of ether oxygens (including phenoxy) is 1. The second-order valence-corrected chi connectivity index (χ2v) is 5.97. The van der Waals surface area contributed by atoms with Crippen LogP contribution in [0.15, 0.2) is 42.5 Å². The highest BCUT2D eigenvalue weighted by molar-refractivity contribution is 6.20. The first-order chi connectivity index (χ1) is 11.7. The van der Waals surface area contributed by atoms with Gasteiger partial charge in [-0.3, -0.25) is 0 Å². The SMILES string of the molecule is CCOC(=O)c1cc2ccc3c(c4ccccc4n3CC)c2n1C. The third-order valence-electron chi connectivity index (χ3n) is 4.73. The van der Waals surface area contributed by atoms with E-state index in [2.05, 4.69) is 47.9 Å². The Morgan fingerprint density at radius 3 is 2.62 bits per heavy atom. The fourth-order valence-corrected chi connectivity index (χ4v) is 3.72. The molecule has 0 spiro atoms. The van der Waals surface area contributed by atoms with Crippen molar-refractivity contribution in [3.63, 3.8) is 0 Å². The Hall–Kier alpha value is -2.75. The maximum absolute atomic E-state index is 12.2. The summed E-state index contributed by atoms with van der Waals surface area (Å²) in [4.78, 5) is 12.2. The minimum absolute atomic E-state index is 0.274. The van der Waals surface area contributed by atoms with Gasteiger partial charge in [0, 0.05) is 35.3 Å². The molecule has 0 aliphatic carbocycles. The molecule has 122 valence electrons. The lowest BCUT2D eigenvalue weighted by molar-refractivity contribution is 0.0516. The molecule has 0 amide bonds. The van der Waals surface area contributed by atoms with Gasteiger partial charge in [0.1, 0.15) is 5.69 Å². The summed E-state index contributed by atoms with van der Waals surface area (Å²) in [5.41, 5.74) is 4.09. The lowest BCUT2D eigenvalue weighted by Crippen LogP contribution is -2.09. The van der Waals surface area contributed by atoms with Gasteiger partial charge in [-0.25, -0.2) is 4.79 Å². The number of hydrogen-bond acceptors (Lipinski definition) is 2. The zero-order valence-corrected chi connectivity index (χ0v) is 14.2. The van der Waals surface area contributed by atoms with E-state index in [1.165, 1.54) is 21.8 Å². The lowest BCUT2D eigenvalue weighted by atomic mass is 10.1. The first-order valence-corrected chi connectivity index (χ1v) is 8.33. The van der Waals surface area contributed by atoms with Crippen LogP contribution in [0.3, 0.4) is 0 Å². The summed E-state index contributed by atoms with van der Waals surface area (Å²) >= 11 is 0. The second kappa shape index (κ2) is 5.41. The Morgan fingerprint density at radius 2 is 1.88 bits per heavy atom. The molecule has 0 saturated carbocycles. The molecular weight excluding hydrogens is 300 g/mol. The summed E-state index contributed by atoms with van der Waals surface area (Å²) < 4.78 is 9.48. The number of carbonyl (C=O) groups is 1. The molecule has 2 heterocycles. The molecule has 0 N–H and O–H groups in total. The first-order valence-electron chi connectivity index (χ1n) is 8.33. The third kappa shape index (κ3) is 1.89. The maximum atomic E-state index is 12.2. The fourth-order valence-electron chi connectivity index (χ4n) is 3.72. The van der Waals surface area contributed by atoms with Crippen molar-refractivity contribution >= 4 is 38.7 Å². The summed E-state index contributed by atoms with van der Waals surface area (Å²) in [6.07, 6.45) is 0. The summed E-state index contributed by atoms with van der Waals surface area (Å²) in [6, 6.07) is 14.6. The van der Waals surface area contributed by atoms with Crippen LogP contribution < -0.4 is 0 Å². The van der Waals surface area contributed by atoms with Crippen molar-refractivity contribution in [2.45, 2.75) is 20.4 Å². The highest BCUT2D eigenvalue weighted by Gasteiger charge is 2.19. The number of nitrogens with zero attached hydrogens (tertiary/aromatic N) is 2. The summed E-state index contributed by atoms with van der Waals surface area (Å²) in [6.45, 7) is 5.27. The molecule has 4 nitrogen and oxygen atoms in total. The van der Waals surface area contributed by atoms with Crippen molar-refractivity contribution in [3.8, 4) is 0 Å². The van der Waals surface area contributed by atoms with Gasteiger partial charge in [0.25, 0.3) is 0 Å². The lowest BCUT2D eigenvalue weighted by Gasteiger charge is -2.05. The number of hydrogen-bond donors (Lipinski definition) is 0. The van der Waals surface area contributed by atoms with Crippen LogP contribution in [0, 0.1) is 0 Å². The normalized spacial score (nSPS) is 11.6. The third-order valence-corrected chi connectivity index (χ3v) is 4.73. The number of para-hydroxylation sites is 1. The number of esters is 1. The van der Waals surface area contributed by atoms with Gasteiger partial charge >= 0.3 is 5.97 Å². The van der Waals surface area contributed by atoms with Crippen LogP contribution in [-0.4, -0.2) is 21.7 Å². The molecular formula is C20H20N2O2. The molecule has 0 aliphatic rings. The van der Waals surface area contributed by atoms with Crippen LogP contribution in [-0.2, 0) is 18.3 Å². The van der Waals surface area contributed by atoms with Gasteiger partial charge in [0.15, 0.2) is 0 Å². The average molecular weight is 320 g/mol. The standard InChI is InChI=1S/C20H20N2O2/c1-4-22-15-9-7-6-8-14(15)18-16(22)11-10-13-12-17(20(23)24-5-2)21(3)19(13)18/h6-12H,4-5H2,1-3H3. The van der Waals surface area contributed by atoms with Crippen LogP contribution in [0.1, 0.15) is 24.3 Å². The molecule has 0 bridgehead atoms. The van der Waals surface area contributed by atoms with E-state index in [0.29, 0.717) is 12.3 Å². The van der Waals surface area contributed by atoms with Crippen LogP contribution in [0.25, 0.3) is 32.7 Å². The molecule has 0 saturated heterocycles. The van der Waals surface area contributed by atoms with Gasteiger partial charge in [-0.2, -0.15) is 0 Å². The van der Waals surface area contributed by atoms with Crippen LogP contribution >= 0.6 is 0 Å². The zero-order valence-electron chi connectivity index (χ0n) is 14.2. The van der Waals surface area contributed by atoms with Gasteiger partial charge in [-0.1, -0.05) is 24.3 Å². The molecule has 4 rings (SSSR count). The minimum atomic E-state index is -0.274. The van der Waals surface area contributed by atoms with Crippen molar-refractivity contribution in [1.29, 1.82) is 0 Å². The molecule has 4 aromatic rings. The van der Waals surface area contributed by atoms with E-state index in [1.807, 2.05) is 24.6 Å². The van der Waals surface area contributed by atoms with Gasteiger partial charge in [0.2, 0.25) is 0 Å². The molecule has 0 radical (unpaired) electrons.